The van der Waals surface area contributed by atoms with E-state index in [0.717, 1.165) is 22.4 Å². The van der Waals surface area contributed by atoms with Gasteiger partial charge in [-0.2, -0.15) is 5.10 Å². The summed E-state index contributed by atoms with van der Waals surface area (Å²) in [5, 5.41) is 4.97. The van der Waals surface area contributed by atoms with Crippen LogP contribution in [0.25, 0.3) is 16.7 Å². The van der Waals surface area contributed by atoms with Crippen molar-refractivity contribution in [2.75, 3.05) is 5.43 Å². The topological polar surface area (TPSA) is 64.7 Å². The average Bonchev–Trinajstić information content (AvgIpc) is 3.20. The molecular formula is C18H14ClN5O. The number of rotatable bonds is 3. The molecule has 1 amide bonds. The lowest BCUT2D eigenvalue weighted by atomic mass is 10.2. The Morgan fingerprint density at radius 2 is 1.88 bits per heavy atom. The number of amides is 1. The first-order valence-corrected chi connectivity index (χ1v) is 8.05. The molecule has 6 nitrogen and oxygen atoms in total. The van der Waals surface area contributed by atoms with Gasteiger partial charge in [-0.1, -0.05) is 23.7 Å². The maximum absolute atomic E-state index is 12.6. The van der Waals surface area contributed by atoms with Gasteiger partial charge >= 0.3 is 0 Å². The highest BCUT2D eigenvalue weighted by Crippen LogP contribution is 2.17. The van der Waals surface area contributed by atoms with E-state index in [1.54, 1.807) is 34.0 Å². The van der Waals surface area contributed by atoms with Gasteiger partial charge in [0.25, 0.3) is 5.91 Å². The number of fused-ring (bicyclic) bond motifs is 1. The van der Waals surface area contributed by atoms with Crippen molar-refractivity contribution >= 4 is 28.5 Å². The molecule has 0 saturated carbocycles. The Kier molecular flexibility index (Phi) is 3.74. The molecule has 0 spiro atoms. The summed E-state index contributed by atoms with van der Waals surface area (Å²) in [6.45, 7) is 1.85. The molecule has 4 rings (SSSR count). The molecule has 0 radical (unpaired) electrons. The van der Waals surface area contributed by atoms with Crippen molar-refractivity contribution in [3.05, 3.63) is 77.3 Å². The van der Waals surface area contributed by atoms with Crippen LogP contribution in [0.15, 0.2) is 61.1 Å². The molecule has 0 aliphatic rings. The van der Waals surface area contributed by atoms with Gasteiger partial charge in [0, 0.05) is 5.02 Å². The monoisotopic (exact) mass is 351 g/mol. The fraction of sp³-hybridized carbons (Fsp3) is 0.0556. The van der Waals surface area contributed by atoms with Crippen molar-refractivity contribution in [3.8, 4) is 5.69 Å². The Hall–Kier alpha value is -3.12. The number of hydrogen-bond donors (Lipinski definition) is 1. The summed E-state index contributed by atoms with van der Waals surface area (Å²) in [6, 6.07) is 14.9. The number of nitrogens with zero attached hydrogens (tertiary/aromatic N) is 4. The molecular weight excluding hydrogens is 338 g/mol. The van der Waals surface area contributed by atoms with E-state index in [1.165, 1.54) is 0 Å². The van der Waals surface area contributed by atoms with Crippen molar-refractivity contribution in [1.82, 2.24) is 19.4 Å². The van der Waals surface area contributed by atoms with E-state index >= 15 is 0 Å². The number of para-hydroxylation sites is 2. The van der Waals surface area contributed by atoms with Gasteiger partial charge in [0.05, 0.1) is 34.2 Å². The summed E-state index contributed by atoms with van der Waals surface area (Å²) >= 11 is 5.92. The number of aromatic nitrogens is 4. The highest BCUT2D eigenvalue weighted by atomic mass is 35.5. The van der Waals surface area contributed by atoms with Crippen LogP contribution in [-0.2, 0) is 0 Å². The number of imidazole rings is 1. The third kappa shape index (κ3) is 2.77. The van der Waals surface area contributed by atoms with Gasteiger partial charge in [-0.3, -0.25) is 10.2 Å². The number of carbonyl (C=O) groups is 1. The molecule has 2 aromatic heterocycles. The molecule has 124 valence electrons. The van der Waals surface area contributed by atoms with E-state index in [2.05, 4.69) is 15.5 Å². The van der Waals surface area contributed by atoms with Crippen LogP contribution in [0.5, 0.6) is 0 Å². The molecule has 0 atom stereocenters. The second kappa shape index (κ2) is 6.07. The number of hydrogen-bond acceptors (Lipinski definition) is 3. The van der Waals surface area contributed by atoms with Crippen LogP contribution in [-0.4, -0.2) is 25.3 Å². The van der Waals surface area contributed by atoms with Gasteiger partial charge < -0.3 is 0 Å². The van der Waals surface area contributed by atoms with E-state index in [9.17, 15) is 4.79 Å². The SMILES string of the molecule is Cc1c(C(=O)Nn2cnc3ccccc32)cnn1-c1ccc(Cl)cc1. The van der Waals surface area contributed by atoms with Crippen LogP contribution >= 0.6 is 11.6 Å². The molecule has 7 heteroatoms. The predicted molar refractivity (Wildman–Crippen MR) is 96.7 cm³/mol. The molecule has 0 fully saturated rings. The first-order chi connectivity index (χ1) is 12.1. The molecule has 0 saturated heterocycles. The summed E-state index contributed by atoms with van der Waals surface area (Å²) in [7, 11) is 0. The summed E-state index contributed by atoms with van der Waals surface area (Å²) < 4.78 is 3.31. The van der Waals surface area contributed by atoms with E-state index in [4.69, 9.17) is 11.6 Å². The fourth-order valence-electron chi connectivity index (χ4n) is 2.69. The van der Waals surface area contributed by atoms with Gasteiger partial charge in [0.15, 0.2) is 0 Å². The Morgan fingerprint density at radius 1 is 1.12 bits per heavy atom. The Labute approximate surface area is 148 Å². The van der Waals surface area contributed by atoms with Crippen molar-refractivity contribution < 1.29 is 4.79 Å². The van der Waals surface area contributed by atoms with E-state index in [0.29, 0.717) is 10.6 Å². The predicted octanol–water partition coefficient (Wildman–Crippen LogP) is 3.57. The zero-order valence-electron chi connectivity index (χ0n) is 13.3. The molecule has 0 aliphatic heterocycles. The number of nitrogens with one attached hydrogen (secondary N) is 1. The van der Waals surface area contributed by atoms with Gasteiger partial charge in [-0.15, -0.1) is 0 Å². The number of halogens is 1. The fourth-order valence-corrected chi connectivity index (χ4v) is 2.82. The van der Waals surface area contributed by atoms with Gasteiger partial charge in [-0.05, 0) is 43.3 Å². The lowest BCUT2D eigenvalue weighted by Gasteiger charge is -2.08. The molecule has 0 bridgehead atoms. The molecule has 25 heavy (non-hydrogen) atoms. The second-order valence-electron chi connectivity index (χ2n) is 5.58. The first kappa shape index (κ1) is 15.4. The Morgan fingerprint density at radius 3 is 2.68 bits per heavy atom. The first-order valence-electron chi connectivity index (χ1n) is 7.67. The summed E-state index contributed by atoms with van der Waals surface area (Å²) in [5.41, 5.74) is 6.56. The lowest BCUT2D eigenvalue weighted by Crippen LogP contribution is -2.22. The molecule has 0 aliphatic carbocycles. The van der Waals surface area contributed by atoms with Gasteiger partial charge in [0.2, 0.25) is 0 Å². The highest BCUT2D eigenvalue weighted by molar-refractivity contribution is 6.30. The maximum Gasteiger partial charge on any atom is 0.273 e. The second-order valence-corrected chi connectivity index (χ2v) is 6.01. The van der Waals surface area contributed by atoms with E-state index < -0.39 is 0 Å². The van der Waals surface area contributed by atoms with Crippen LogP contribution in [0, 0.1) is 6.92 Å². The van der Waals surface area contributed by atoms with Crippen LogP contribution in [0.1, 0.15) is 16.1 Å². The summed E-state index contributed by atoms with van der Waals surface area (Å²) in [5.74, 6) is -0.249. The molecule has 0 unspecified atom stereocenters. The van der Waals surface area contributed by atoms with E-state index in [1.807, 2.05) is 43.3 Å². The normalized spacial score (nSPS) is 11.0. The van der Waals surface area contributed by atoms with E-state index in [-0.39, 0.29) is 5.91 Å². The summed E-state index contributed by atoms with van der Waals surface area (Å²) in [6.07, 6.45) is 3.14. The maximum atomic E-state index is 12.6. The zero-order chi connectivity index (χ0) is 17.4. The largest absolute Gasteiger partial charge is 0.273 e. The minimum atomic E-state index is -0.249. The lowest BCUT2D eigenvalue weighted by molar-refractivity contribution is 0.101. The van der Waals surface area contributed by atoms with Crippen LogP contribution in [0.3, 0.4) is 0 Å². The molecule has 1 N–H and O–H groups in total. The quantitative estimate of drug-likeness (QED) is 0.613. The van der Waals surface area contributed by atoms with Crippen molar-refractivity contribution in [2.24, 2.45) is 0 Å². The summed E-state index contributed by atoms with van der Waals surface area (Å²) in [4.78, 5) is 16.9. The van der Waals surface area contributed by atoms with Crippen LogP contribution < -0.4 is 5.43 Å². The van der Waals surface area contributed by atoms with Crippen LogP contribution in [0.2, 0.25) is 5.02 Å². The number of benzene rings is 2. The smallest absolute Gasteiger partial charge is 0.267 e. The van der Waals surface area contributed by atoms with Crippen LogP contribution in [0.4, 0.5) is 0 Å². The third-order valence-electron chi connectivity index (χ3n) is 4.00. The van der Waals surface area contributed by atoms with Crippen molar-refractivity contribution in [1.29, 1.82) is 0 Å². The minimum absolute atomic E-state index is 0.249. The molecule has 4 aromatic rings. The standard InChI is InChI=1S/C18H14ClN5O/c1-12-15(10-21-24(12)14-8-6-13(19)7-9-14)18(25)22-23-11-20-16-4-2-3-5-17(16)23/h2-11H,1H3,(H,22,25). The average molecular weight is 352 g/mol. The van der Waals surface area contributed by atoms with Crippen molar-refractivity contribution in [2.45, 2.75) is 6.92 Å². The number of carbonyl (C=O) groups excluding carboxylic acids is 1. The Balaban J connectivity index is 1.64. The highest BCUT2D eigenvalue weighted by Gasteiger charge is 2.16. The zero-order valence-corrected chi connectivity index (χ0v) is 14.1. The van der Waals surface area contributed by atoms with Gasteiger partial charge in [-0.25, -0.2) is 14.3 Å². The minimum Gasteiger partial charge on any atom is -0.267 e. The molecule has 2 heterocycles. The Bertz CT molecular complexity index is 1060. The molecule has 2 aromatic carbocycles. The van der Waals surface area contributed by atoms with Crippen molar-refractivity contribution in [3.63, 3.8) is 0 Å². The third-order valence-corrected chi connectivity index (χ3v) is 4.25. The van der Waals surface area contributed by atoms with Gasteiger partial charge in [0.1, 0.15) is 6.33 Å².